The van der Waals surface area contributed by atoms with Gasteiger partial charge in [-0.2, -0.15) is 0 Å². The van der Waals surface area contributed by atoms with E-state index in [1.54, 1.807) is 0 Å². The summed E-state index contributed by atoms with van der Waals surface area (Å²) >= 11 is 0. The number of allylic oxidation sites excluding steroid dienone is 2. The molecule has 0 saturated heterocycles. The fraction of sp³-hybridized carbons (Fsp3) is 0.250. The minimum Gasteiger partial charge on any atom is -0.0885 e. The molecule has 1 rings (SSSR count). The molecule has 1 radical (unpaired) electrons. The van der Waals surface area contributed by atoms with Crippen molar-refractivity contribution in [2.45, 2.75) is 19.3 Å². The molecule has 0 N–H and O–H groups in total. The number of rotatable bonds is 4. The molecule has 0 heteroatoms. The molecule has 63 valence electrons. The summed E-state index contributed by atoms with van der Waals surface area (Å²) in [6, 6.07) is 10.6. The first kappa shape index (κ1) is 9.05. The minimum atomic E-state index is 1.14. The lowest BCUT2D eigenvalue weighted by molar-refractivity contribution is 0.843. The van der Waals surface area contributed by atoms with E-state index >= 15 is 0 Å². The SMILES string of the molecule is [CH2]/C=C/CCCc1ccccc1. The molecule has 0 unspecified atom stereocenters. The van der Waals surface area contributed by atoms with E-state index in [0.29, 0.717) is 0 Å². The molecule has 0 fully saturated rings. The van der Waals surface area contributed by atoms with Gasteiger partial charge in [0.15, 0.2) is 0 Å². The Bertz CT molecular complexity index is 221. The Morgan fingerprint density at radius 1 is 1.17 bits per heavy atom. The highest BCUT2D eigenvalue weighted by Gasteiger charge is 1.88. The Kier molecular flexibility index (Phi) is 4.22. The standard InChI is InChI=1S/C12H15/c1-2-3-4-6-9-12-10-7-5-8-11-12/h2-3,5,7-8,10-11H,1,4,6,9H2/b3-2+. The number of benzene rings is 1. The van der Waals surface area contributed by atoms with Gasteiger partial charge in [0.25, 0.3) is 0 Å². The third-order valence-electron chi connectivity index (χ3n) is 1.85. The lowest BCUT2D eigenvalue weighted by Gasteiger charge is -1.97. The summed E-state index contributed by atoms with van der Waals surface area (Å²) in [6.45, 7) is 3.65. The summed E-state index contributed by atoms with van der Waals surface area (Å²) in [5.41, 5.74) is 1.43. The first-order valence-electron chi connectivity index (χ1n) is 4.41. The fourth-order valence-corrected chi connectivity index (χ4v) is 1.19. The van der Waals surface area contributed by atoms with Crippen LogP contribution in [0, 0.1) is 6.92 Å². The molecule has 0 atom stereocenters. The molecule has 0 spiro atoms. The molecule has 1 aromatic carbocycles. The van der Waals surface area contributed by atoms with Crippen LogP contribution in [0.15, 0.2) is 42.5 Å². The number of hydrogen-bond donors (Lipinski definition) is 0. The van der Waals surface area contributed by atoms with Crippen molar-refractivity contribution in [1.82, 2.24) is 0 Å². The van der Waals surface area contributed by atoms with Gasteiger partial charge in [0, 0.05) is 0 Å². The second kappa shape index (κ2) is 5.59. The van der Waals surface area contributed by atoms with Crippen LogP contribution in [0.1, 0.15) is 18.4 Å². The van der Waals surface area contributed by atoms with Gasteiger partial charge in [-0.1, -0.05) is 42.5 Å². The Labute approximate surface area is 74.9 Å². The second-order valence-electron chi connectivity index (χ2n) is 2.85. The maximum Gasteiger partial charge on any atom is -0.0276 e. The van der Waals surface area contributed by atoms with Crippen LogP contribution in [0.25, 0.3) is 0 Å². The zero-order valence-electron chi connectivity index (χ0n) is 7.37. The lowest BCUT2D eigenvalue weighted by Crippen LogP contribution is -1.82. The molecular weight excluding hydrogens is 144 g/mol. The van der Waals surface area contributed by atoms with E-state index in [-0.39, 0.29) is 0 Å². The number of aryl methyl sites for hydroxylation is 1. The van der Waals surface area contributed by atoms with Crippen LogP contribution in [0.4, 0.5) is 0 Å². The quantitative estimate of drug-likeness (QED) is 0.591. The van der Waals surface area contributed by atoms with Gasteiger partial charge < -0.3 is 0 Å². The molecule has 0 amide bonds. The Hall–Kier alpha value is -1.04. The van der Waals surface area contributed by atoms with E-state index in [9.17, 15) is 0 Å². The lowest BCUT2D eigenvalue weighted by atomic mass is 10.1. The van der Waals surface area contributed by atoms with E-state index in [1.165, 1.54) is 18.4 Å². The van der Waals surface area contributed by atoms with Crippen molar-refractivity contribution in [3.63, 3.8) is 0 Å². The summed E-state index contributed by atoms with van der Waals surface area (Å²) < 4.78 is 0. The summed E-state index contributed by atoms with van der Waals surface area (Å²) in [6.07, 6.45) is 7.51. The molecule has 12 heavy (non-hydrogen) atoms. The second-order valence-corrected chi connectivity index (χ2v) is 2.85. The van der Waals surface area contributed by atoms with E-state index in [0.717, 1.165) is 6.42 Å². The van der Waals surface area contributed by atoms with E-state index < -0.39 is 0 Å². The summed E-state index contributed by atoms with van der Waals surface area (Å²) in [7, 11) is 0. The van der Waals surface area contributed by atoms with Crippen LogP contribution in [-0.4, -0.2) is 0 Å². The molecule has 0 saturated carbocycles. The molecule has 1 aromatic rings. The average molecular weight is 159 g/mol. The van der Waals surface area contributed by atoms with Crippen LogP contribution in [0.5, 0.6) is 0 Å². The van der Waals surface area contributed by atoms with E-state index in [4.69, 9.17) is 0 Å². The summed E-state index contributed by atoms with van der Waals surface area (Å²) in [5.74, 6) is 0. The summed E-state index contributed by atoms with van der Waals surface area (Å²) in [4.78, 5) is 0. The van der Waals surface area contributed by atoms with Crippen LogP contribution in [0.2, 0.25) is 0 Å². The zero-order valence-corrected chi connectivity index (χ0v) is 7.37. The highest BCUT2D eigenvalue weighted by atomic mass is 13.9. The predicted molar refractivity (Wildman–Crippen MR) is 53.9 cm³/mol. The van der Waals surface area contributed by atoms with Crippen LogP contribution < -0.4 is 0 Å². The van der Waals surface area contributed by atoms with Crippen molar-refractivity contribution in [2.24, 2.45) is 0 Å². The molecule has 0 heterocycles. The Morgan fingerprint density at radius 2 is 1.92 bits per heavy atom. The monoisotopic (exact) mass is 159 g/mol. The van der Waals surface area contributed by atoms with Crippen molar-refractivity contribution in [3.05, 3.63) is 55.0 Å². The molecule has 0 aliphatic carbocycles. The molecule has 0 bridgehead atoms. The van der Waals surface area contributed by atoms with Crippen molar-refractivity contribution in [2.75, 3.05) is 0 Å². The normalized spacial score (nSPS) is 10.8. The van der Waals surface area contributed by atoms with Gasteiger partial charge in [0.1, 0.15) is 0 Å². The Balaban J connectivity index is 2.24. The van der Waals surface area contributed by atoms with Gasteiger partial charge >= 0.3 is 0 Å². The molecule has 0 nitrogen and oxygen atoms in total. The van der Waals surface area contributed by atoms with Crippen molar-refractivity contribution >= 4 is 0 Å². The smallest absolute Gasteiger partial charge is 0.0276 e. The molecule has 0 aliphatic rings. The highest BCUT2D eigenvalue weighted by Crippen LogP contribution is 2.04. The maximum absolute atomic E-state index is 3.65. The van der Waals surface area contributed by atoms with Gasteiger partial charge in [-0.3, -0.25) is 0 Å². The van der Waals surface area contributed by atoms with Crippen molar-refractivity contribution < 1.29 is 0 Å². The van der Waals surface area contributed by atoms with Crippen molar-refractivity contribution in [3.8, 4) is 0 Å². The number of unbranched alkanes of at least 4 members (excludes halogenated alkanes) is 1. The Morgan fingerprint density at radius 3 is 2.58 bits per heavy atom. The van der Waals surface area contributed by atoms with Gasteiger partial charge in [-0.05, 0) is 31.7 Å². The van der Waals surface area contributed by atoms with Crippen LogP contribution in [0.3, 0.4) is 0 Å². The number of hydrogen-bond acceptors (Lipinski definition) is 0. The molecule has 0 aromatic heterocycles. The fourth-order valence-electron chi connectivity index (χ4n) is 1.19. The summed E-state index contributed by atoms with van der Waals surface area (Å²) in [5, 5.41) is 0. The first-order chi connectivity index (χ1) is 5.93. The van der Waals surface area contributed by atoms with E-state index in [1.807, 2.05) is 6.08 Å². The van der Waals surface area contributed by atoms with Crippen LogP contribution >= 0.6 is 0 Å². The zero-order chi connectivity index (χ0) is 8.65. The average Bonchev–Trinajstić information content (AvgIpc) is 2.14. The third kappa shape index (κ3) is 3.38. The van der Waals surface area contributed by atoms with Gasteiger partial charge in [-0.15, -0.1) is 0 Å². The first-order valence-corrected chi connectivity index (χ1v) is 4.41. The topological polar surface area (TPSA) is 0 Å². The minimum absolute atomic E-state index is 1.14. The molecule has 0 aliphatic heterocycles. The maximum atomic E-state index is 3.65. The predicted octanol–water partition coefficient (Wildman–Crippen LogP) is 3.40. The van der Waals surface area contributed by atoms with Crippen LogP contribution in [-0.2, 0) is 6.42 Å². The highest BCUT2D eigenvalue weighted by molar-refractivity contribution is 5.14. The van der Waals surface area contributed by atoms with E-state index in [2.05, 4.69) is 43.3 Å². The molecular formula is C12H15. The van der Waals surface area contributed by atoms with Gasteiger partial charge in [0.05, 0.1) is 0 Å². The largest absolute Gasteiger partial charge is 0.0885 e. The van der Waals surface area contributed by atoms with Gasteiger partial charge in [0.2, 0.25) is 0 Å². The van der Waals surface area contributed by atoms with Crippen molar-refractivity contribution in [1.29, 1.82) is 0 Å². The third-order valence-corrected chi connectivity index (χ3v) is 1.85. The van der Waals surface area contributed by atoms with Gasteiger partial charge in [-0.25, -0.2) is 0 Å².